The number of esters is 1. The van der Waals surface area contributed by atoms with Crippen molar-refractivity contribution in [2.75, 3.05) is 0 Å². The SMILES string of the molecule is CC(=O)O[C@@H](C/C=C(/C)C(=O)O)[C@@H](C)[C@H]1C[C@H](O)[C@@]2(C)C3=CC[C@H]4C(C)(C)[C@@H](O)CC[C@]4(C)C3=CC[C@]12C. The highest BCUT2D eigenvalue weighted by molar-refractivity contribution is 5.85. The van der Waals surface area contributed by atoms with Crippen LogP contribution >= 0.6 is 0 Å². The summed E-state index contributed by atoms with van der Waals surface area (Å²) in [7, 11) is 0. The highest BCUT2D eigenvalue weighted by Crippen LogP contribution is 2.71. The van der Waals surface area contributed by atoms with Crippen LogP contribution in [0.2, 0.25) is 0 Å². The first-order chi connectivity index (χ1) is 17.5. The molecule has 0 radical (unpaired) electrons. The fraction of sp³-hybridized carbons (Fsp3) is 0.750. The summed E-state index contributed by atoms with van der Waals surface area (Å²) < 4.78 is 5.76. The molecular formula is C32H48O6. The first-order valence-corrected chi connectivity index (χ1v) is 14.4. The minimum Gasteiger partial charge on any atom is -0.478 e. The number of carboxylic acid groups (broad SMARTS) is 1. The average molecular weight is 529 g/mol. The molecule has 4 aliphatic carbocycles. The lowest BCUT2D eigenvalue weighted by molar-refractivity contribution is -0.151. The molecule has 4 rings (SSSR count). The van der Waals surface area contributed by atoms with Crippen LogP contribution in [0.15, 0.2) is 34.9 Å². The second-order valence-electron chi connectivity index (χ2n) is 13.9. The third-order valence-corrected chi connectivity index (χ3v) is 11.9. The standard InChI is InChI=1S/C32H48O6/c1-18(28(36)37)9-11-24(38-20(3)33)19(2)23-17-27(35)32(8)22-10-12-25-29(4,5)26(34)14-15-30(25,6)21(22)13-16-31(23,32)7/h9-10,13,19,23-27,34-35H,11-12,14-17H2,1-8H3,(H,36,37)/b18-9-/t19-,23+,24-,25-,26-,27-,30+,31+,32+/m0/s1. The predicted octanol–water partition coefficient (Wildman–Crippen LogP) is 5.83. The second kappa shape index (κ2) is 9.62. The average Bonchev–Trinajstić information content (AvgIpc) is 3.04. The van der Waals surface area contributed by atoms with E-state index in [2.05, 4.69) is 53.7 Å². The quantitative estimate of drug-likeness (QED) is 0.296. The molecule has 0 saturated heterocycles. The lowest BCUT2D eigenvalue weighted by Gasteiger charge is -2.61. The summed E-state index contributed by atoms with van der Waals surface area (Å²) in [5.41, 5.74) is 1.94. The maximum Gasteiger partial charge on any atom is 0.330 e. The fourth-order valence-corrected chi connectivity index (χ4v) is 9.09. The number of aliphatic carboxylic acids is 1. The molecule has 6 nitrogen and oxygen atoms in total. The third-order valence-electron chi connectivity index (χ3n) is 11.9. The van der Waals surface area contributed by atoms with E-state index in [9.17, 15) is 24.9 Å². The molecule has 4 aliphatic rings. The van der Waals surface area contributed by atoms with Crippen molar-refractivity contribution in [1.82, 2.24) is 0 Å². The van der Waals surface area contributed by atoms with Crippen LogP contribution < -0.4 is 0 Å². The van der Waals surface area contributed by atoms with E-state index in [1.54, 1.807) is 13.0 Å². The minimum absolute atomic E-state index is 0.0417. The molecule has 0 aromatic rings. The maximum atomic E-state index is 12.0. The molecule has 9 atom stereocenters. The van der Waals surface area contributed by atoms with Gasteiger partial charge in [-0.1, -0.05) is 59.8 Å². The van der Waals surface area contributed by atoms with Gasteiger partial charge in [0.05, 0.1) is 12.2 Å². The summed E-state index contributed by atoms with van der Waals surface area (Å²) in [6.07, 6.45) is 9.49. The Balaban J connectivity index is 1.72. The smallest absolute Gasteiger partial charge is 0.330 e. The van der Waals surface area contributed by atoms with Crippen molar-refractivity contribution in [3.05, 3.63) is 34.9 Å². The molecule has 212 valence electrons. The van der Waals surface area contributed by atoms with Gasteiger partial charge < -0.3 is 20.1 Å². The van der Waals surface area contributed by atoms with Crippen LogP contribution in [0.1, 0.15) is 93.9 Å². The minimum atomic E-state index is -0.977. The fourth-order valence-electron chi connectivity index (χ4n) is 9.09. The number of aliphatic hydroxyl groups excluding tert-OH is 2. The Bertz CT molecular complexity index is 1080. The molecule has 0 heterocycles. The lowest BCUT2D eigenvalue weighted by atomic mass is 9.44. The Morgan fingerprint density at radius 3 is 2.34 bits per heavy atom. The van der Waals surface area contributed by atoms with Crippen molar-refractivity contribution in [3.8, 4) is 0 Å². The van der Waals surface area contributed by atoms with Gasteiger partial charge in [-0.25, -0.2) is 4.79 Å². The number of hydrogen-bond acceptors (Lipinski definition) is 5. The molecule has 6 heteroatoms. The van der Waals surface area contributed by atoms with Gasteiger partial charge in [-0.05, 0) is 84.2 Å². The molecule has 0 aliphatic heterocycles. The molecule has 2 fully saturated rings. The van der Waals surface area contributed by atoms with Crippen LogP contribution in [0, 0.1) is 39.4 Å². The van der Waals surface area contributed by atoms with Crippen molar-refractivity contribution in [2.24, 2.45) is 39.4 Å². The van der Waals surface area contributed by atoms with Crippen molar-refractivity contribution >= 4 is 11.9 Å². The van der Waals surface area contributed by atoms with Crippen LogP contribution in [0.3, 0.4) is 0 Å². The van der Waals surface area contributed by atoms with Gasteiger partial charge >= 0.3 is 11.9 Å². The highest BCUT2D eigenvalue weighted by Gasteiger charge is 2.66. The number of aliphatic hydroxyl groups is 2. The third kappa shape index (κ3) is 4.13. The molecule has 0 bridgehead atoms. The Morgan fingerprint density at radius 2 is 1.74 bits per heavy atom. The number of rotatable bonds is 6. The zero-order valence-electron chi connectivity index (χ0n) is 24.5. The predicted molar refractivity (Wildman–Crippen MR) is 147 cm³/mol. The van der Waals surface area contributed by atoms with Gasteiger partial charge in [0, 0.05) is 24.3 Å². The first kappa shape index (κ1) is 29.1. The highest BCUT2D eigenvalue weighted by atomic mass is 16.5. The monoisotopic (exact) mass is 528 g/mol. The van der Waals surface area contributed by atoms with Gasteiger partial charge in [0.25, 0.3) is 0 Å². The van der Waals surface area contributed by atoms with Gasteiger partial charge in [-0.2, -0.15) is 0 Å². The lowest BCUT2D eigenvalue weighted by Crippen LogP contribution is -2.55. The first-order valence-electron chi connectivity index (χ1n) is 14.4. The number of allylic oxidation sites excluding steroid dienone is 3. The number of ether oxygens (including phenoxy) is 1. The number of carbonyl (C=O) groups is 2. The normalized spacial score (nSPS) is 41.6. The Hall–Kier alpha value is -1.92. The molecule has 0 unspecified atom stereocenters. The van der Waals surface area contributed by atoms with E-state index in [0.717, 1.165) is 25.7 Å². The second-order valence-corrected chi connectivity index (χ2v) is 13.9. The topological polar surface area (TPSA) is 104 Å². The number of hydrogen-bond donors (Lipinski definition) is 3. The maximum absolute atomic E-state index is 12.0. The molecule has 0 amide bonds. The van der Waals surface area contributed by atoms with E-state index in [-0.39, 0.29) is 45.7 Å². The summed E-state index contributed by atoms with van der Waals surface area (Å²) in [5, 5.41) is 31.9. The van der Waals surface area contributed by atoms with Crippen molar-refractivity contribution < 1.29 is 29.6 Å². The number of fused-ring (bicyclic) bond motifs is 5. The van der Waals surface area contributed by atoms with E-state index in [1.165, 1.54) is 18.1 Å². The molecular weight excluding hydrogens is 480 g/mol. The number of carboxylic acids is 1. The van der Waals surface area contributed by atoms with Crippen LogP contribution in [-0.4, -0.2) is 45.6 Å². The zero-order chi connectivity index (χ0) is 28.4. The van der Waals surface area contributed by atoms with E-state index in [0.29, 0.717) is 18.8 Å². The van der Waals surface area contributed by atoms with E-state index < -0.39 is 23.6 Å². The summed E-state index contributed by atoms with van der Waals surface area (Å²) in [5.74, 6) is -0.998. The summed E-state index contributed by atoms with van der Waals surface area (Å²) in [4.78, 5) is 23.4. The largest absolute Gasteiger partial charge is 0.478 e. The van der Waals surface area contributed by atoms with E-state index in [1.807, 2.05) is 0 Å². The molecule has 0 aromatic carbocycles. The van der Waals surface area contributed by atoms with Gasteiger partial charge in [-0.3, -0.25) is 4.79 Å². The molecule has 0 aromatic heterocycles. The van der Waals surface area contributed by atoms with Crippen LogP contribution in [0.4, 0.5) is 0 Å². The van der Waals surface area contributed by atoms with Crippen LogP contribution in [0.5, 0.6) is 0 Å². The van der Waals surface area contributed by atoms with E-state index >= 15 is 0 Å². The summed E-state index contributed by atoms with van der Waals surface area (Å²) >= 11 is 0. The van der Waals surface area contributed by atoms with Crippen molar-refractivity contribution in [3.63, 3.8) is 0 Å². The van der Waals surface area contributed by atoms with Crippen molar-refractivity contribution in [2.45, 2.75) is 112 Å². The summed E-state index contributed by atoms with van der Waals surface area (Å²) in [6.45, 7) is 16.3. The van der Waals surface area contributed by atoms with Gasteiger partial charge in [0.1, 0.15) is 6.10 Å². The molecule has 3 N–H and O–H groups in total. The molecule has 0 spiro atoms. The summed E-state index contributed by atoms with van der Waals surface area (Å²) in [6, 6.07) is 0. The van der Waals surface area contributed by atoms with Crippen LogP contribution in [-0.2, 0) is 14.3 Å². The van der Waals surface area contributed by atoms with Gasteiger partial charge in [0.15, 0.2) is 0 Å². The van der Waals surface area contributed by atoms with Crippen molar-refractivity contribution in [1.29, 1.82) is 0 Å². The van der Waals surface area contributed by atoms with Gasteiger partial charge in [-0.15, -0.1) is 0 Å². The number of carbonyl (C=O) groups excluding carboxylic acids is 1. The molecule has 2 saturated carbocycles. The Morgan fingerprint density at radius 1 is 1.08 bits per heavy atom. The molecule has 38 heavy (non-hydrogen) atoms. The van der Waals surface area contributed by atoms with Crippen LogP contribution in [0.25, 0.3) is 0 Å². The zero-order valence-corrected chi connectivity index (χ0v) is 24.5. The Labute approximate surface area is 228 Å². The van der Waals surface area contributed by atoms with E-state index in [4.69, 9.17) is 4.74 Å². The van der Waals surface area contributed by atoms with Gasteiger partial charge in [0.2, 0.25) is 0 Å². The Kier molecular flexibility index (Phi) is 7.36.